The summed E-state index contributed by atoms with van der Waals surface area (Å²) in [7, 11) is 1.44. The number of halogens is 1. The van der Waals surface area contributed by atoms with Crippen molar-refractivity contribution in [3.8, 4) is 5.75 Å². The third-order valence-electron chi connectivity index (χ3n) is 4.88. The zero-order valence-corrected chi connectivity index (χ0v) is 14.9. The van der Waals surface area contributed by atoms with Crippen LogP contribution in [-0.4, -0.2) is 47.6 Å². The van der Waals surface area contributed by atoms with Gasteiger partial charge in [-0.25, -0.2) is 9.45 Å². The SMILES string of the molecule is COc1ccc(C(=O)N2CC3(CC(=O)N(Cc4ccccc4)O3)C2)c(F)c1. The van der Waals surface area contributed by atoms with E-state index in [0.717, 1.165) is 5.56 Å². The summed E-state index contributed by atoms with van der Waals surface area (Å²) >= 11 is 0. The van der Waals surface area contributed by atoms with Crippen LogP contribution < -0.4 is 4.74 Å². The van der Waals surface area contributed by atoms with Gasteiger partial charge in [-0.3, -0.25) is 14.4 Å². The Kier molecular flexibility index (Phi) is 4.31. The van der Waals surface area contributed by atoms with Crippen LogP contribution in [0.2, 0.25) is 0 Å². The second-order valence-electron chi connectivity index (χ2n) is 6.87. The summed E-state index contributed by atoms with van der Waals surface area (Å²) < 4.78 is 19.1. The Morgan fingerprint density at radius 1 is 1.22 bits per heavy atom. The summed E-state index contributed by atoms with van der Waals surface area (Å²) in [5.41, 5.74) is 0.247. The zero-order chi connectivity index (χ0) is 19.0. The molecule has 2 saturated heterocycles. The highest BCUT2D eigenvalue weighted by atomic mass is 19.1. The van der Waals surface area contributed by atoms with Crippen LogP contribution in [-0.2, 0) is 16.2 Å². The number of carbonyl (C=O) groups excluding carboxylic acids is 2. The lowest BCUT2D eigenvalue weighted by Gasteiger charge is -2.45. The molecule has 0 unspecified atom stereocenters. The molecule has 0 atom stereocenters. The zero-order valence-electron chi connectivity index (χ0n) is 14.9. The van der Waals surface area contributed by atoms with Crippen LogP contribution >= 0.6 is 0 Å². The molecule has 27 heavy (non-hydrogen) atoms. The first-order valence-electron chi connectivity index (χ1n) is 8.66. The van der Waals surface area contributed by atoms with E-state index in [1.165, 1.54) is 29.2 Å². The molecule has 0 N–H and O–H groups in total. The van der Waals surface area contributed by atoms with Gasteiger partial charge in [-0.2, -0.15) is 0 Å². The number of likely N-dealkylation sites (tertiary alicyclic amines) is 1. The first-order chi connectivity index (χ1) is 13.0. The minimum absolute atomic E-state index is 0.0175. The molecule has 1 spiro atoms. The lowest BCUT2D eigenvalue weighted by atomic mass is 9.90. The molecule has 2 heterocycles. The van der Waals surface area contributed by atoms with Gasteiger partial charge in [0.2, 0.25) is 5.91 Å². The minimum atomic E-state index is -0.704. The lowest BCUT2D eigenvalue weighted by molar-refractivity contribution is -0.233. The van der Waals surface area contributed by atoms with E-state index < -0.39 is 17.3 Å². The summed E-state index contributed by atoms with van der Waals surface area (Å²) in [6.45, 7) is 0.880. The van der Waals surface area contributed by atoms with Gasteiger partial charge in [-0.1, -0.05) is 30.3 Å². The van der Waals surface area contributed by atoms with Crippen molar-refractivity contribution in [3.63, 3.8) is 0 Å². The molecule has 0 saturated carbocycles. The van der Waals surface area contributed by atoms with Crippen molar-refractivity contribution in [2.75, 3.05) is 20.2 Å². The van der Waals surface area contributed by atoms with Crippen LogP contribution in [0.5, 0.6) is 5.75 Å². The molecule has 2 aromatic carbocycles. The smallest absolute Gasteiger partial charge is 0.257 e. The Morgan fingerprint density at radius 3 is 2.63 bits per heavy atom. The molecule has 4 rings (SSSR count). The summed E-state index contributed by atoms with van der Waals surface area (Å²) in [4.78, 5) is 32.2. The average Bonchev–Trinajstić information content (AvgIpc) is 2.97. The van der Waals surface area contributed by atoms with E-state index in [1.54, 1.807) is 6.07 Å². The molecule has 2 amide bonds. The number of rotatable bonds is 4. The maximum absolute atomic E-state index is 14.1. The maximum atomic E-state index is 14.1. The van der Waals surface area contributed by atoms with Gasteiger partial charge in [0, 0.05) is 6.07 Å². The maximum Gasteiger partial charge on any atom is 0.257 e. The van der Waals surface area contributed by atoms with Gasteiger partial charge in [0.25, 0.3) is 5.91 Å². The van der Waals surface area contributed by atoms with E-state index in [9.17, 15) is 14.0 Å². The molecule has 0 bridgehead atoms. The van der Waals surface area contributed by atoms with E-state index in [1.807, 2.05) is 30.3 Å². The molecule has 2 fully saturated rings. The van der Waals surface area contributed by atoms with Crippen molar-refractivity contribution in [3.05, 3.63) is 65.5 Å². The Balaban J connectivity index is 1.40. The Labute approximate surface area is 156 Å². The van der Waals surface area contributed by atoms with Gasteiger partial charge in [-0.05, 0) is 17.7 Å². The van der Waals surface area contributed by atoms with Gasteiger partial charge >= 0.3 is 0 Å². The fraction of sp³-hybridized carbons (Fsp3) is 0.300. The van der Waals surface area contributed by atoms with Crippen molar-refractivity contribution in [1.82, 2.24) is 9.96 Å². The lowest BCUT2D eigenvalue weighted by Crippen LogP contribution is -2.63. The van der Waals surface area contributed by atoms with Gasteiger partial charge in [0.1, 0.15) is 17.2 Å². The van der Waals surface area contributed by atoms with Crippen molar-refractivity contribution in [2.45, 2.75) is 18.6 Å². The number of methoxy groups -OCH3 is 1. The number of hydroxylamine groups is 2. The van der Waals surface area contributed by atoms with Crippen LogP contribution in [0.25, 0.3) is 0 Å². The number of hydrogen-bond donors (Lipinski definition) is 0. The van der Waals surface area contributed by atoms with E-state index in [-0.39, 0.29) is 31.0 Å². The molecular formula is C20H19FN2O4. The van der Waals surface area contributed by atoms with Crippen molar-refractivity contribution in [2.24, 2.45) is 0 Å². The predicted octanol–water partition coefficient (Wildman–Crippen LogP) is 2.39. The van der Waals surface area contributed by atoms with Crippen LogP contribution in [0.4, 0.5) is 4.39 Å². The molecule has 2 aliphatic rings. The predicted molar refractivity (Wildman–Crippen MR) is 94.3 cm³/mol. The molecule has 0 aromatic heterocycles. The van der Waals surface area contributed by atoms with E-state index >= 15 is 0 Å². The molecule has 2 aliphatic heterocycles. The minimum Gasteiger partial charge on any atom is -0.497 e. The largest absolute Gasteiger partial charge is 0.497 e. The Morgan fingerprint density at radius 2 is 1.96 bits per heavy atom. The third kappa shape index (κ3) is 3.26. The topological polar surface area (TPSA) is 59.1 Å². The van der Waals surface area contributed by atoms with Crippen molar-refractivity contribution >= 4 is 11.8 Å². The van der Waals surface area contributed by atoms with Gasteiger partial charge in [0.15, 0.2) is 0 Å². The van der Waals surface area contributed by atoms with Crippen LogP contribution in [0.3, 0.4) is 0 Å². The number of ether oxygens (including phenoxy) is 1. The molecule has 140 valence electrons. The van der Waals surface area contributed by atoms with Crippen LogP contribution in [0, 0.1) is 5.82 Å². The van der Waals surface area contributed by atoms with E-state index in [0.29, 0.717) is 12.3 Å². The first kappa shape index (κ1) is 17.5. The quantitative estimate of drug-likeness (QED) is 0.829. The van der Waals surface area contributed by atoms with Gasteiger partial charge < -0.3 is 9.64 Å². The molecule has 0 radical (unpaired) electrons. The molecule has 6 nitrogen and oxygen atoms in total. The van der Waals surface area contributed by atoms with Crippen molar-refractivity contribution < 1.29 is 23.6 Å². The van der Waals surface area contributed by atoms with Gasteiger partial charge in [0.05, 0.1) is 38.7 Å². The molecular weight excluding hydrogens is 351 g/mol. The summed E-state index contributed by atoms with van der Waals surface area (Å²) in [5, 5.41) is 1.35. The second-order valence-corrected chi connectivity index (χ2v) is 6.87. The highest BCUT2D eigenvalue weighted by Crippen LogP contribution is 2.37. The molecule has 0 aliphatic carbocycles. The number of nitrogens with zero attached hydrogens (tertiary/aromatic N) is 2. The van der Waals surface area contributed by atoms with E-state index in [4.69, 9.17) is 9.57 Å². The summed E-state index contributed by atoms with van der Waals surface area (Å²) in [6.07, 6.45) is 0.217. The number of hydrogen-bond acceptors (Lipinski definition) is 4. The van der Waals surface area contributed by atoms with Crippen LogP contribution in [0.1, 0.15) is 22.3 Å². The highest BCUT2D eigenvalue weighted by Gasteiger charge is 2.55. The highest BCUT2D eigenvalue weighted by molar-refractivity contribution is 5.95. The number of carbonyl (C=O) groups is 2. The first-order valence-corrected chi connectivity index (χ1v) is 8.66. The third-order valence-corrected chi connectivity index (χ3v) is 4.88. The Bertz CT molecular complexity index is 881. The van der Waals surface area contributed by atoms with E-state index in [2.05, 4.69) is 0 Å². The fourth-order valence-corrected chi connectivity index (χ4v) is 3.48. The monoisotopic (exact) mass is 370 g/mol. The van der Waals surface area contributed by atoms with Crippen LogP contribution in [0.15, 0.2) is 48.5 Å². The van der Waals surface area contributed by atoms with Crippen molar-refractivity contribution in [1.29, 1.82) is 0 Å². The number of amides is 2. The fourth-order valence-electron chi connectivity index (χ4n) is 3.48. The number of benzene rings is 2. The molecule has 2 aromatic rings. The summed E-state index contributed by atoms with van der Waals surface area (Å²) in [6, 6.07) is 13.7. The van der Waals surface area contributed by atoms with Gasteiger partial charge in [-0.15, -0.1) is 0 Å². The average molecular weight is 370 g/mol. The standard InChI is InChI=1S/C20H19FN2O4/c1-26-15-7-8-16(17(21)9-15)19(25)22-12-20(13-22)10-18(24)23(27-20)11-14-5-3-2-4-6-14/h2-9H,10-13H2,1H3. The molecule has 7 heteroatoms. The Hall–Kier alpha value is -2.93. The normalized spacial score (nSPS) is 17.9. The summed E-state index contributed by atoms with van der Waals surface area (Å²) in [5.74, 6) is -0.806. The second kappa shape index (κ2) is 6.66.